The van der Waals surface area contributed by atoms with Crippen LogP contribution in [0.4, 0.5) is 11.4 Å². The lowest BCUT2D eigenvalue weighted by atomic mass is 9.76. The lowest BCUT2D eigenvalue weighted by molar-refractivity contribution is -0.572. The molecule has 0 heterocycles. The van der Waals surface area contributed by atoms with Gasteiger partial charge in [0, 0.05) is 45.9 Å². The van der Waals surface area contributed by atoms with Crippen molar-refractivity contribution in [2.45, 2.75) is 72.6 Å². The molecular weight excluding hydrogens is 416 g/mol. The number of nitrogens with one attached hydrogen (secondary N) is 1. The van der Waals surface area contributed by atoms with Crippen LogP contribution in [0.3, 0.4) is 0 Å². The number of benzene rings is 2. The standard InChI is InChI=1S/C26H37ClN2O.C2H6/c1-6-16-28-22-13-11-20(25(19-22)30-5)10-9-15-26(4,8-3)23-18-21(27)12-14-24(23)29-17-7-2;1-2/h9-14,18-19,28-29H,6-8,15-17H2,1-5H3;1-2H3/p+1/b10-9+;. The Bertz CT molecular complexity index is 834. The van der Waals surface area contributed by atoms with Gasteiger partial charge in [0.15, 0.2) is 0 Å². The minimum atomic E-state index is 0.0246. The lowest BCUT2D eigenvalue weighted by Gasteiger charge is -2.29. The van der Waals surface area contributed by atoms with Crippen LogP contribution in [0.2, 0.25) is 5.02 Å². The zero-order valence-corrected chi connectivity index (χ0v) is 22.0. The molecule has 0 radical (unpaired) electrons. The highest BCUT2D eigenvalue weighted by Crippen LogP contribution is 2.37. The Labute approximate surface area is 201 Å². The van der Waals surface area contributed by atoms with Crippen LogP contribution in [0.5, 0.6) is 5.75 Å². The quantitative estimate of drug-likeness (QED) is 0.321. The van der Waals surface area contributed by atoms with Gasteiger partial charge in [-0.15, -0.1) is 0 Å². The SMILES string of the molecule is CC.CCCNc1ccc(/C=C/CC(C)(CC)c2cc(Cl)ccc2[NH2+]CCC)c(OC)c1. The molecule has 2 aromatic carbocycles. The average molecular weight is 460 g/mol. The molecule has 0 spiro atoms. The summed E-state index contributed by atoms with van der Waals surface area (Å²) in [6.07, 6.45) is 8.67. The van der Waals surface area contributed by atoms with Crippen LogP contribution in [0, 0.1) is 0 Å². The highest BCUT2D eigenvalue weighted by molar-refractivity contribution is 6.30. The molecule has 32 heavy (non-hydrogen) atoms. The molecule has 2 aromatic rings. The molecule has 0 aliphatic carbocycles. The number of rotatable bonds is 12. The summed E-state index contributed by atoms with van der Waals surface area (Å²) in [6.45, 7) is 15.0. The van der Waals surface area contributed by atoms with E-state index in [9.17, 15) is 0 Å². The van der Waals surface area contributed by atoms with Gasteiger partial charge < -0.3 is 15.4 Å². The average Bonchev–Trinajstić information content (AvgIpc) is 2.83. The first-order chi connectivity index (χ1) is 15.5. The van der Waals surface area contributed by atoms with Gasteiger partial charge in [0.25, 0.3) is 0 Å². The van der Waals surface area contributed by atoms with E-state index in [4.69, 9.17) is 16.3 Å². The Hall–Kier alpha value is -1.97. The summed E-state index contributed by atoms with van der Waals surface area (Å²) in [5.41, 5.74) is 4.86. The van der Waals surface area contributed by atoms with Gasteiger partial charge in [-0.25, -0.2) is 0 Å². The second-order valence-electron chi connectivity index (χ2n) is 8.13. The first-order valence-electron chi connectivity index (χ1n) is 12.2. The fourth-order valence-electron chi connectivity index (χ4n) is 3.65. The Morgan fingerprint density at radius 2 is 1.81 bits per heavy atom. The summed E-state index contributed by atoms with van der Waals surface area (Å²) < 4.78 is 5.63. The van der Waals surface area contributed by atoms with Gasteiger partial charge >= 0.3 is 0 Å². The van der Waals surface area contributed by atoms with E-state index in [2.05, 4.69) is 80.8 Å². The van der Waals surface area contributed by atoms with E-state index in [0.717, 1.165) is 60.8 Å². The van der Waals surface area contributed by atoms with Gasteiger partial charge in [-0.1, -0.05) is 65.3 Å². The van der Waals surface area contributed by atoms with Crippen molar-refractivity contribution in [1.29, 1.82) is 0 Å². The molecule has 0 saturated carbocycles. The van der Waals surface area contributed by atoms with Crippen molar-refractivity contribution in [2.75, 3.05) is 25.5 Å². The minimum Gasteiger partial charge on any atom is -0.496 e. The van der Waals surface area contributed by atoms with Crippen LogP contribution in [0.25, 0.3) is 6.08 Å². The topological polar surface area (TPSA) is 37.9 Å². The number of anilines is 1. The van der Waals surface area contributed by atoms with Crippen molar-refractivity contribution >= 4 is 29.1 Å². The normalized spacial score (nSPS) is 12.8. The van der Waals surface area contributed by atoms with Gasteiger partial charge in [0.1, 0.15) is 11.4 Å². The predicted molar refractivity (Wildman–Crippen MR) is 143 cm³/mol. The van der Waals surface area contributed by atoms with Gasteiger partial charge in [-0.3, -0.25) is 0 Å². The van der Waals surface area contributed by atoms with Crippen molar-refractivity contribution in [3.63, 3.8) is 0 Å². The molecule has 4 heteroatoms. The number of ether oxygens (including phenoxy) is 1. The third-order valence-corrected chi connectivity index (χ3v) is 6.01. The van der Waals surface area contributed by atoms with Crippen molar-refractivity contribution < 1.29 is 10.1 Å². The smallest absolute Gasteiger partial charge is 0.133 e. The van der Waals surface area contributed by atoms with Crippen LogP contribution in [0.1, 0.15) is 78.4 Å². The molecule has 0 amide bonds. The fourth-order valence-corrected chi connectivity index (χ4v) is 3.82. The van der Waals surface area contributed by atoms with Crippen LogP contribution >= 0.6 is 11.6 Å². The molecule has 0 aliphatic heterocycles. The van der Waals surface area contributed by atoms with E-state index in [0.29, 0.717) is 0 Å². The highest BCUT2D eigenvalue weighted by atomic mass is 35.5. The third kappa shape index (κ3) is 8.18. The lowest BCUT2D eigenvalue weighted by Crippen LogP contribution is -2.78. The second kappa shape index (κ2) is 15.0. The number of hydrogen-bond acceptors (Lipinski definition) is 2. The van der Waals surface area contributed by atoms with Gasteiger partial charge in [-0.2, -0.15) is 0 Å². The predicted octanol–water partition coefficient (Wildman–Crippen LogP) is 7.57. The van der Waals surface area contributed by atoms with Crippen LogP contribution < -0.4 is 15.4 Å². The van der Waals surface area contributed by atoms with E-state index in [1.807, 2.05) is 19.9 Å². The van der Waals surface area contributed by atoms with Crippen LogP contribution in [-0.4, -0.2) is 20.2 Å². The number of hydrogen-bond donors (Lipinski definition) is 2. The number of methoxy groups -OCH3 is 1. The molecule has 3 N–H and O–H groups in total. The van der Waals surface area contributed by atoms with Crippen molar-refractivity contribution in [2.24, 2.45) is 0 Å². The Kier molecular flexibility index (Phi) is 13.1. The zero-order valence-electron chi connectivity index (χ0n) is 21.2. The molecule has 0 fully saturated rings. The van der Waals surface area contributed by atoms with E-state index >= 15 is 0 Å². The monoisotopic (exact) mass is 459 g/mol. The maximum Gasteiger partial charge on any atom is 0.133 e. The van der Waals surface area contributed by atoms with Crippen molar-refractivity contribution in [1.82, 2.24) is 0 Å². The van der Waals surface area contributed by atoms with Gasteiger partial charge in [0.05, 0.1) is 13.7 Å². The van der Waals surface area contributed by atoms with Crippen LogP contribution in [-0.2, 0) is 5.41 Å². The summed E-state index contributed by atoms with van der Waals surface area (Å²) in [5.74, 6) is 0.894. The van der Waals surface area contributed by atoms with Crippen molar-refractivity contribution in [3.8, 4) is 5.75 Å². The summed E-state index contributed by atoms with van der Waals surface area (Å²) in [5, 5.41) is 6.56. The molecule has 1 atom stereocenters. The molecule has 0 bridgehead atoms. The first kappa shape index (κ1) is 28.1. The largest absolute Gasteiger partial charge is 0.496 e. The summed E-state index contributed by atoms with van der Waals surface area (Å²) in [6, 6.07) is 12.6. The first-order valence-corrected chi connectivity index (χ1v) is 12.6. The fraction of sp³-hybridized carbons (Fsp3) is 0.500. The minimum absolute atomic E-state index is 0.0246. The van der Waals surface area contributed by atoms with E-state index < -0.39 is 0 Å². The maximum atomic E-state index is 6.38. The summed E-state index contributed by atoms with van der Waals surface area (Å²) in [4.78, 5) is 0. The maximum absolute atomic E-state index is 6.38. The molecular formula is C28H44ClN2O+. The Morgan fingerprint density at radius 1 is 1.06 bits per heavy atom. The van der Waals surface area contributed by atoms with E-state index in [1.54, 1.807) is 7.11 Å². The van der Waals surface area contributed by atoms with E-state index in [1.165, 1.54) is 11.3 Å². The number of nitrogens with two attached hydrogens (primary N) is 1. The molecule has 1 unspecified atom stereocenters. The summed E-state index contributed by atoms with van der Waals surface area (Å²) >= 11 is 6.38. The van der Waals surface area contributed by atoms with Gasteiger partial charge in [-0.05, 0) is 49.9 Å². The molecule has 2 rings (SSSR count). The Morgan fingerprint density at radius 3 is 2.44 bits per heavy atom. The molecule has 3 nitrogen and oxygen atoms in total. The highest BCUT2D eigenvalue weighted by Gasteiger charge is 2.28. The third-order valence-electron chi connectivity index (χ3n) is 5.78. The Balaban J connectivity index is 0.00000249. The molecule has 0 aliphatic rings. The number of allylic oxidation sites excluding steroid dienone is 1. The van der Waals surface area contributed by atoms with Crippen molar-refractivity contribution in [3.05, 3.63) is 58.6 Å². The van der Waals surface area contributed by atoms with E-state index in [-0.39, 0.29) is 5.41 Å². The zero-order chi connectivity index (χ0) is 24.0. The van der Waals surface area contributed by atoms with Crippen LogP contribution in [0.15, 0.2) is 42.5 Å². The molecule has 0 aromatic heterocycles. The number of halogens is 1. The molecule has 178 valence electrons. The second-order valence-corrected chi connectivity index (χ2v) is 8.57. The van der Waals surface area contributed by atoms with Gasteiger partial charge in [0.2, 0.25) is 0 Å². The summed E-state index contributed by atoms with van der Waals surface area (Å²) in [7, 11) is 1.73. The number of quaternary nitrogens is 1. The molecule has 0 saturated heterocycles.